The number of carbonyl (C=O) groups excluding carboxylic acids is 3. The van der Waals surface area contributed by atoms with E-state index in [4.69, 9.17) is 11.6 Å². The molecule has 128 valence electrons. The Labute approximate surface area is 144 Å². The fraction of sp³-hybridized carbons (Fsp3) is 0.467. The van der Waals surface area contributed by atoms with Crippen LogP contribution in [0.2, 0.25) is 5.02 Å². The van der Waals surface area contributed by atoms with Crippen molar-refractivity contribution in [2.24, 2.45) is 0 Å². The number of piperazine rings is 1. The largest absolute Gasteiger partial charge is 0.353 e. The van der Waals surface area contributed by atoms with Crippen LogP contribution in [0, 0.1) is 0 Å². The Morgan fingerprint density at radius 2 is 2.00 bits per heavy atom. The maximum atomic E-state index is 12.3. The molecule has 0 aromatic carbocycles. The maximum Gasteiger partial charge on any atom is 0.322 e. The number of imide groups is 1. The number of nitrogens with zero attached hydrogens (tertiary/aromatic N) is 3. The fourth-order valence-electron chi connectivity index (χ4n) is 2.83. The molecule has 0 bridgehead atoms. The van der Waals surface area contributed by atoms with Gasteiger partial charge in [-0.3, -0.25) is 14.9 Å². The average Bonchev–Trinajstić information content (AvgIpc) is 2.91. The van der Waals surface area contributed by atoms with Crippen LogP contribution in [-0.2, 0) is 9.59 Å². The van der Waals surface area contributed by atoms with Gasteiger partial charge in [-0.25, -0.2) is 9.78 Å². The highest BCUT2D eigenvalue weighted by molar-refractivity contribution is 6.30. The average molecular weight is 352 g/mol. The van der Waals surface area contributed by atoms with Gasteiger partial charge in [0.1, 0.15) is 11.9 Å². The summed E-state index contributed by atoms with van der Waals surface area (Å²) in [5, 5.41) is 5.25. The first-order chi connectivity index (χ1) is 11.5. The summed E-state index contributed by atoms with van der Waals surface area (Å²) in [6, 6.07) is 2.55. The van der Waals surface area contributed by atoms with Crippen LogP contribution in [0.25, 0.3) is 0 Å². The molecule has 2 N–H and O–H groups in total. The maximum absolute atomic E-state index is 12.3. The molecule has 1 aromatic heterocycles. The van der Waals surface area contributed by atoms with Crippen molar-refractivity contribution >= 4 is 35.3 Å². The fourth-order valence-corrected chi connectivity index (χ4v) is 2.94. The molecular weight excluding hydrogens is 334 g/mol. The highest BCUT2D eigenvalue weighted by atomic mass is 35.5. The number of hydrogen-bond acceptors (Lipinski definition) is 5. The lowest BCUT2D eigenvalue weighted by Crippen LogP contribution is -2.49. The van der Waals surface area contributed by atoms with Crippen LogP contribution in [0.5, 0.6) is 0 Å². The number of anilines is 1. The number of pyridine rings is 1. The molecule has 0 aliphatic carbocycles. The van der Waals surface area contributed by atoms with Crippen molar-refractivity contribution in [1.82, 2.24) is 20.5 Å². The number of hydrogen-bond donors (Lipinski definition) is 2. The van der Waals surface area contributed by atoms with Crippen molar-refractivity contribution in [2.45, 2.75) is 18.9 Å². The third-order valence-electron chi connectivity index (χ3n) is 4.17. The van der Waals surface area contributed by atoms with Crippen molar-refractivity contribution in [3.05, 3.63) is 23.4 Å². The molecule has 3 heterocycles. The molecule has 2 aliphatic rings. The number of halogens is 1. The molecule has 1 aromatic rings. The van der Waals surface area contributed by atoms with Gasteiger partial charge in [0, 0.05) is 38.8 Å². The topological polar surface area (TPSA) is 94.6 Å². The van der Waals surface area contributed by atoms with E-state index in [1.165, 1.54) is 0 Å². The number of aromatic nitrogens is 1. The van der Waals surface area contributed by atoms with Crippen molar-refractivity contribution in [3.63, 3.8) is 0 Å². The predicted molar refractivity (Wildman–Crippen MR) is 87.7 cm³/mol. The normalized spacial score (nSPS) is 20.8. The van der Waals surface area contributed by atoms with Crippen molar-refractivity contribution in [1.29, 1.82) is 0 Å². The molecule has 3 rings (SSSR count). The number of carbonyl (C=O) groups is 3. The Hall–Kier alpha value is -2.35. The van der Waals surface area contributed by atoms with Crippen LogP contribution in [0.3, 0.4) is 0 Å². The van der Waals surface area contributed by atoms with E-state index in [1.807, 2.05) is 6.07 Å². The van der Waals surface area contributed by atoms with Gasteiger partial charge < -0.3 is 15.1 Å². The Morgan fingerprint density at radius 1 is 1.25 bits per heavy atom. The standard InChI is InChI=1S/C15H18ClN5O3/c16-10-1-3-12(17-9-10)20-5-7-21(8-6-20)13(22)4-2-11-14(23)19-15(24)18-11/h1,3,9,11H,2,4-8H2,(H2,18,19,23,24)/t11-/m1/s1. The van der Waals surface area contributed by atoms with Gasteiger partial charge >= 0.3 is 6.03 Å². The first kappa shape index (κ1) is 16.5. The minimum atomic E-state index is -0.610. The van der Waals surface area contributed by atoms with Gasteiger partial charge in [0.15, 0.2) is 0 Å². The van der Waals surface area contributed by atoms with Crippen LogP contribution >= 0.6 is 11.6 Å². The second-order valence-electron chi connectivity index (χ2n) is 5.76. The summed E-state index contributed by atoms with van der Waals surface area (Å²) in [6.07, 6.45) is 2.16. The van der Waals surface area contributed by atoms with Crippen LogP contribution in [-0.4, -0.2) is 60.0 Å². The van der Waals surface area contributed by atoms with E-state index < -0.39 is 12.1 Å². The summed E-state index contributed by atoms with van der Waals surface area (Å²) in [5.74, 6) is 0.468. The first-order valence-electron chi connectivity index (χ1n) is 7.78. The monoisotopic (exact) mass is 351 g/mol. The summed E-state index contributed by atoms with van der Waals surface area (Å²) < 4.78 is 0. The molecule has 2 fully saturated rings. The number of rotatable bonds is 4. The smallest absolute Gasteiger partial charge is 0.322 e. The number of nitrogens with one attached hydrogen (secondary N) is 2. The van der Waals surface area contributed by atoms with Crippen molar-refractivity contribution < 1.29 is 14.4 Å². The van der Waals surface area contributed by atoms with Crippen LogP contribution < -0.4 is 15.5 Å². The van der Waals surface area contributed by atoms with Crippen molar-refractivity contribution in [2.75, 3.05) is 31.1 Å². The lowest BCUT2D eigenvalue weighted by atomic mass is 10.1. The van der Waals surface area contributed by atoms with E-state index in [1.54, 1.807) is 17.2 Å². The van der Waals surface area contributed by atoms with Crippen LogP contribution in [0.4, 0.5) is 10.6 Å². The number of urea groups is 1. The van der Waals surface area contributed by atoms with E-state index in [0.717, 1.165) is 5.82 Å². The third-order valence-corrected chi connectivity index (χ3v) is 4.40. The van der Waals surface area contributed by atoms with E-state index in [9.17, 15) is 14.4 Å². The SMILES string of the molecule is O=C1NC(=O)[C@@H](CCC(=O)N2CCN(c3ccc(Cl)cn3)CC2)N1. The summed E-state index contributed by atoms with van der Waals surface area (Å²) in [4.78, 5) is 42.9. The van der Waals surface area contributed by atoms with Crippen LogP contribution in [0.1, 0.15) is 12.8 Å². The van der Waals surface area contributed by atoms with Crippen molar-refractivity contribution in [3.8, 4) is 0 Å². The van der Waals surface area contributed by atoms with Crippen LogP contribution in [0.15, 0.2) is 18.3 Å². The Balaban J connectivity index is 1.46. The predicted octanol–water partition coefficient (Wildman–Crippen LogP) is 0.372. The highest BCUT2D eigenvalue weighted by Crippen LogP contribution is 2.17. The zero-order valence-electron chi connectivity index (χ0n) is 13.0. The highest BCUT2D eigenvalue weighted by Gasteiger charge is 2.30. The molecular formula is C15H18ClN5O3. The van der Waals surface area contributed by atoms with E-state index in [0.29, 0.717) is 37.6 Å². The Bertz CT molecular complexity index is 643. The minimum Gasteiger partial charge on any atom is -0.353 e. The van der Waals surface area contributed by atoms with Gasteiger partial charge in [0.2, 0.25) is 5.91 Å². The first-order valence-corrected chi connectivity index (χ1v) is 8.16. The zero-order valence-corrected chi connectivity index (χ0v) is 13.8. The van der Waals surface area contributed by atoms with Gasteiger partial charge in [0.25, 0.3) is 5.91 Å². The van der Waals surface area contributed by atoms with E-state index in [2.05, 4.69) is 20.5 Å². The molecule has 8 nitrogen and oxygen atoms in total. The van der Waals surface area contributed by atoms with Gasteiger partial charge in [-0.15, -0.1) is 0 Å². The molecule has 0 radical (unpaired) electrons. The second-order valence-corrected chi connectivity index (χ2v) is 6.19. The molecule has 2 saturated heterocycles. The second kappa shape index (κ2) is 7.04. The summed E-state index contributed by atoms with van der Waals surface area (Å²) in [7, 11) is 0. The molecule has 9 heteroatoms. The quantitative estimate of drug-likeness (QED) is 0.764. The Kier molecular flexibility index (Phi) is 4.84. The summed E-state index contributed by atoms with van der Waals surface area (Å²) in [6.45, 7) is 2.60. The molecule has 2 aliphatic heterocycles. The van der Waals surface area contributed by atoms with Gasteiger partial charge in [0.05, 0.1) is 5.02 Å². The molecule has 4 amide bonds. The Morgan fingerprint density at radius 3 is 2.58 bits per heavy atom. The molecule has 0 spiro atoms. The molecule has 0 saturated carbocycles. The molecule has 0 unspecified atom stereocenters. The molecule has 1 atom stereocenters. The summed E-state index contributed by atoms with van der Waals surface area (Å²) >= 11 is 5.83. The lowest BCUT2D eigenvalue weighted by Gasteiger charge is -2.35. The van der Waals surface area contributed by atoms with E-state index in [-0.39, 0.29) is 18.2 Å². The zero-order chi connectivity index (χ0) is 17.1. The minimum absolute atomic E-state index is 0.00679. The third kappa shape index (κ3) is 3.76. The summed E-state index contributed by atoms with van der Waals surface area (Å²) in [5.41, 5.74) is 0. The van der Waals surface area contributed by atoms with E-state index >= 15 is 0 Å². The lowest BCUT2D eigenvalue weighted by molar-refractivity contribution is -0.131. The number of amides is 4. The van der Waals surface area contributed by atoms with Gasteiger partial charge in [-0.05, 0) is 18.6 Å². The molecule has 24 heavy (non-hydrogen) atoms. The van der Waals surface area contributed by atoms with Gasteiger partial charge in [-0.1, -0.05) is 11.6 Å². The van der Waals surface area contributed by atoms with Gasteiger partial charge in [-0.2, -0.15) is 0 Å².